The lowest BCUT2D eigenvalue weighted by Crippen LogP contribution is -2.54. The highest BCUT2D eigenvalue weighted by Gasteiger charge is 2.38. The van der Waals surface area contributed by atoms with Crippen molar-refractivity contribution >= 4 is 23.9 Å². The number of nitrogens with zero attached hydrogens (tertiary/aromatic N) is 1. The number of amides is 3. The molecule has 0 aliphatic rings. The average Bonchev–Trinajstić information content (AvgIpc) is 2.89. The molecular weight excluding hydrogens is 550 g/mol. The Kier molecular flexibility index (Phi) is 11.9. The Morgan fingerprint density at radius 1 is 0.907 bits per heavy atom. The Balaban J connectivity index is 2.54. The summed E-state index contributed by atoms with van der Waals surface area (Å²) in [5.74, 6) is -2.34. The molecule has 43 heavy (non-hydrogen) atoms. The van der Waals surface area contributed by atoms with Crippen molar-refractivity contribution in [1.29, 1.82) is 0 Å². The van der Waals surface area contributed by atoms with Gasteiger partial charge in [-0.1, -0.05) is 60.5 Å². The first kappa shape index (κ1) is 34.8. The molecule has 2 rings (SSSR count). The fraction of sp³-hybridized carbons (Fsp3) is 0.455. The number of esters is 1. The highest BCUT2D eigenvalue weighted by atomic mass is 16.6. The molecule has 0 spiro atoms. The normalized spacial score (nSPS) is 13.5. The summed E-state index contributed by atoms with van der Waals surface area (Å²) >= 11 is 0. The fourth-order valence-electron chi connectivity index (χ4n) is 4.19. The monoisotopic (exact) mass is 593 g/mol. The summed E-state index contributed by atoms with van der Waals surface area (Å²) in [7, 11) is 0. The lowest BCUT2D eigenvalue weighted by Gasteiger charge is -2.32. The summed E-state index contributed by atoms with van der Waals surface area (Å²) in [6, 6.07) is 12.6. The molecule has 0 radical (unpaired) electrons. The Bertz CT molecular complexity index is 1340. The SMILES string of the molecule is C#CN(C(=O)C(CO)NC(=O)OC(C)(C)C)C(C(=O)NC(Cc1ccccc1)C(=O)OC(C)(C)C)c1cc(C)ccc1C. The van der Waals surface area contributed by atoms with E-state index in [4.69, 9.17) is 15.9 Å². The number of carbonyl (C=O) groups excluding carboxylic acids is 4. The summed E-state index contributed by atoms with van der Waals surface area (Å²) in [4.78, 5) is 54.3. The number of aryl methyl sites for hydroxylation is 2. The van der Waals surface area contributed by atoms with Crippen LogP contribution < -0.4 is 10.6 Å². The molecule has 0 bridgehead atoms. The van der Waals surface area contributed by atoms with Crippen LogP contribution in [0.25, 0.3) is 0 Å². The average molecular weight is 594 g/mol. The van der Waals surface area contributed by atoms with Gasteiger partial charge in [0, 0.05) is 12.5 Å². The standard InChI is InChI=1S/C33H43N3O7/c1-10-36(29(39)26(20-37)35-31(41)43-33(7,8)9)27(24-18-21(2)16-17-22(24)3)28(38)34-25(30(40)42-32(4,5)6)19-23-14-12-11-13-15-23/h1,11-18,25-27,37H,19-20H2,2-9H3,(H,34,38)(H,35,41). The number of hydrogen-bond donors (Lipinski definition) is 3. The second-order valence-electron chi connectivity index (χ2n) is 12.3. The molecule has 3 atom stereocenters. The largest absolute Gasteiger partial charge is 0.458 e. The van der Waals surface area contributed by atoms with Crippen LogP contribution in [0.15, 0.2) is 48.5 Å². The number of rotatable bonds is 10. The van der Waals surface area contributed by atoms with Gasteiger partial charge in [0.2, 0.25) is 5.91 Å². The minimum atomic E-state index is -1.52. The van der Waals surface area contributed by atoms with Gasteiger partial charge in [-0.2, -0.15) is 0 Å². The number of ether oxygens (including phenoxy) is 2. The summed E-state index contributed by atoms with van der Waals surface area (Å²) in [5, 5.41) is 15.1. The molecule has 3 amide bonds. The van der Waals surface area contributed by atoms with Gasteiger partial charge in [-0.05, 0) is 72.1 Å². The van der Waals surface area contributed by atoms with E-state index in [2.05, 4.69) is 16.7 Å². The Morgan fingerprint density at radius 3 is 2.05 bits per heavy atom. The highest BCUT2D eigenvalue weighted by Crippen LogP contribution is 2.27. The third-order valence-electron chi connectivity index (χ3n) is 6.07. The number of aliphatic hydroxyl groups excluding tert-OH is 1. The van der Waals surface area contributed by atoms with E-state index in [-0.39, 0.29) is 6.42 Å². The molecule has 0 aromatic heterocycles. The third kappa shape index (κ3) is 10.8. The molecule has 0 saturated carbocycles. The zero-order valence-electron chi connectivity index (χ0n) is 26.2. The van der Waals surface area contributed by atoms with Crippen LogP contribution in [0.1, 0.15) is 69.8 Å². The molecule has 2 aromatic carbocycles. The zero-order valence-corrected chi connectivity index (χ0v) is 26.2. The number of nitrogens with one attached hydrogen (secondary N) is 2. The smallest absolute Gasteiger partial charge is 0.408 e. The molecule has 10 heteroatoms. The van der Waals surface area contributed by atoms with E-state index in [1.54, 1.807) is 60.6 Å². The number of carbonyl (C=O) groups is 4. The van der Waals surface area contributed by atoms with Crippen LogP contribution in [0.3, 0.4) is 0 Å². The second kappa shape index (κ2) is 14.7. The van der Waals surface area contributed by atoms with Gasteiger partial charge in [0.05, 0.1) is 6.61 Å². The Labute approximate surface area is 254 Å². The van der Waals surface area contributed by atoms with Crippen molar-refractivity contribution < 1.29 is 33.8 Å². The first-order valence-electron chi connectivity index (χ1n) is 14.0. The van der Waals surface area contributed by atoms with Crippen molar-refractivity contribution in [3.63, 3.8) is 0 Å². The molecule has 0 aliphatic carbocycles. The number of alkyl carbamates (subject to hydrolysis) is 1. The molecular formula is C33H43N3O7. The molecule has 3 N–H and O–H groups in total. The number of terminal acetylenes is 1. The maximum atomic E-state index is 14.1. The molecule has 2 aromatic rings. The molecule has 0 fully saturated rings. The minimum Gasteiger partial charge on any atom is -0.458 e. The van der Waals surface area contributed by atoms with Gasteiger partial charge in [-0.15, -0.1) is 0 Å². The number of benzene rings is 2. The maximum absolute atomic E-state index is 14.1. The van der Waals surface area contributed by atoms with Crippen molar-refractivity contribution in [3.8, 4) is 12.5 Å². The van der Waals surface area contributed by atoms with Gasteiger partial charge in [0.25, 0.3) is 5.91 Å². The third-order valence-corrected chi connectivity index (χ3v) is 6.07. The van der Waals surface area contributed by atoms with Crippen molar-refractivity contribution in [2.45, 2.75) is 91.1 Å². The molecule has 0 saturated heterocycles. The summed E-state index contributed by atoms with van der Waals surface area (Å²) in [6.45, 7) is 12.9. The van der Waals surface area contributed by atoms with Crippen LogP contribution in [0, 0.1) is 26.3 Å². The molecule has 232 valence electrons. The first-order valence-corrected chi connectivity index (χ1v) is 14.0. The van der Waals surface area contributed by atoms with Crippen molar-refractivity contribution in [2.24, 2.45) is 0 Å². The van der Waals surface area contributed by atoms with Gasteiger partial charge >= 0.3 is 12.1 Å². The van der Waals surface area contributed by atoms with Gasteiger partial charge < -0.3 is 25.2 Å². The van der Waals surface area contributed by atoms with E-state index in [1.165, 1.54) is 0 Å². The fourth-order valence-corrected chi connectivity index (χ4v) is 4.19. The number of aliphatic hydroxyl groups is 1. The molecule has 0 heterocycles. The van der Waals surface area contributed by atoms with Crippen LogP contribution in [-0.4, -0.2) is 63.8 Å². The lowest BCUT2D eigenvalue weighted by molar-refractivity contribution is -0.159. The molecule has 3 unspecified atom stereocenters. The maximum Gasteiger partial charge on any atom is 0.408 e. The quantitative estimate of drug-likeness (QED) is 0.217. The van der Waals surface area contributed by atoms with Gasteiger partial charge in [0.1, 0.15) is 29.3 Å². The summed E-state index contributed by atoms with van der Waals surface area (Å²) in [6.07, 6.45) is 4.99. The minimum absolute atomic E-state index is 0.116. The molecule has 0 aliphatic heterocycles. The van der Waals surface area contributed by atoms with E-state index < -0.39 is 59.8 Å². The van der Waals surface area contributed by atoms with E-state index >= 15 is 0 Å². The van der Waals surface area contributed by atoms with E-state index in [9.17, 15) is 24.3 Å². The van der Waals surface area contributed by atoms with Crippen LogP contribution in [-0.2, 0) is 30.3 Å². The highest BCUT2D eigenvalue weighted by molar-refractivity contribution is 5.95. The van der Waals surface area contributed by atoms with Crippen LogP contribution in [0.2, 0.25) is 0 Å². The summed E-state index contributed by atoms with van der Waals surface area (Å²) < 4.78 is 10.8. The van der Waals surface area contributed by atoms with Crippen LogP contribution in [0.4, 0.5) is 4.79 Å². The Morgan fingerprint density at radius 2 is 1.51 bits per heavy atom. The zero-order chi connectivity index (χ0) is 32.5. The van der Waals surface area contributed by atoms with Crippen molar-refractivity contribution in [3.05, 3.63) is 70.8 Å². The Hall–Kier alpha value is -4.36. The van der Waals surface area contributed by atoms with Gasteiger partial charge in [-0.25, -0.2) is 9.59 Å². The van der Waals surface area contributed by atoms with E-state index in [0.717, 1.165) is 16.0 Å². The lowest BCUT2D eigenvalue weighted by atomic mass is 9.96. The second-order valence-corrected chi connectivity index (χ2v) is 12.3. The first-order chi connectivity index (χ1) is 20.0. The molecule has 10 nitrogen and oxygen atoms in total. The van der Waals surface area contributed by atoms with Crippen LogP contribution in [0.5, 0.6) is 0 Å². The van der Waals surface area contributed by atoms with Crippen LogP contribution >= 0.6 is 0 Å². The van der Waals surface area contributed by atoms with Crippen molar-refractivity contribution in [1.82, 2.24) is 15.5 Å². The van der Waals surface area contributed by atoms with Crippen molar-refractivity contribution in [2.75, 3.05) is 6.61 Å². The van der Waals surface area contributed by atoms with Gasteiger partial charge in [0.15, 0.2) is 0 Å². The summed E-state index contributed by atoms with van der Waals surface area (Å²) in [5.41, 5.74) is 0.924. The topological polar surface area (TPSA) is 134 Å². The number of hydrogen-bond acceptors (Lipinski definition) is 7. The van der Waals surface area contributed by atoms with Gasteiger partial charge in [-0.3, -0.25) is 14.5 Å². The predicted molar refractivity (Wildman–Crippen MR) is 163 cm³/mol. The predicted octanol–water partition coefficient (Wildman–Crippen LogP) is 3.72. The van der Waals surface area contributed by atoms with E-state index in [1.807, 2.05) is 43.3 Å². The van der Waals surface area contributed by atoms with E-state index in [0.29, 0.717) is 11.1 Å².